The fraction of sp³-hybridized carbons (Fsp3) is 0.625. The Labute approximate surface area is 123 Å². The van der Waals surface area contributed by atoms with Crippen LogP contribution < -0.4 is 5.32 Å². The Bertz CT molecular complexity index is 426. The molecule has 0 aromatic heterocycles. The molecule has 1 unspecified atom stereocenters. The van der Waals surface area contributed by atoms with Crippen LogP contribution in [0.4, 0.5) is 13.2 Å². The number of likely N-dealkylation sites (N-methyl/N-ethyl adjacent to an activating group) is 1. The summed E-state index contributed by atoms with van der Waals surface area (Å²) in [5.41, 5.74) is 2.30. The number of alkyl halides is 3. The smallest absolute Gasteiger partial charge is 0.370 e. The van der Waals surface area contributed by atoms with Crippen LogP contribution in [0.1, 0.15) is 49.3 Å². The molecule has 0 bridgehead atoms. The minimum atomic E-state index is -4.27. The molecule has 1 atom stereocenters. The molecule has 118 valence electrons. The lowest BCUT2D eigenvalue weighted by Crippen LogP contribution is -2.28. The zero-order chi connectivity index (χ0) is 15.3. The first kappa shape index (κ1) is 16.3. The Hall–Kier alpha value is -1.07. The van der Waals surface area contributed by atoms with Crippen LogP contribution in [0.2, 0.25) is 0 Å². The summed E-state index contributed by atoms with van der Waals surface area (Å²) in [5.74, 6) is 0.665. The molecule has 0 heterocycles. The minimum Gasteiger partial charge on any atom is -0.370 e. The first-order valence-corrected chi connectivity index (χ1v) is 7.47. The van der Waals surface area contributed by atoms with Crippen LogP contribution >= 0.6 is 0 Å². The zero-order valence-corrected chi connectivity index (χ0v) is 12.2. The number of ether oxygens (including phenoxy) is 1. The standard InChI is InChI=1S/C16H22F3NO/c1-2-20-15(10-21-11-16(17,18)19)14-8-6-13(7-9-14)12-4-3-5-12/h6-9,12,15,20H,2-5,10-11H2,1H3. The molecule has 0 amide bonds. The second-order valence-corrected chi connectivity index (χ2v) is 5.54. The summed E-state index contributed by atoms with van der Waals surface area (Å²) in [7, 11) is 0. The fourth-order valence-electron chi connectivity index (χ4n) is 2.55. The second-order valence-electron chi connectivity index (χ2n) is 5.54. The first-order valence-electron chi connectivity index (χ1n) is 7.47. The summed E-state index contributed by atoms with van der Waals surface area (Å²) < 4.78 is 41.2. The van der Waals surface area contributed by atoms with E-state index in [0.717, 1.165) is 5.56 Å². The maximum Gasteiger partial charge on any atom is 0.411 e. The van der Waals surface area contributed by atoms with Gasteiger partial charge in [0, 0.05) is 0 Å². The molecule has 21 heavy (non-hydrogen) atoms. The van der Waals surface area contributed by atoms with Gasteiger partial charge in [-0.15, -0.1) is 0 Å². The minimum absolute atomic E-state index is 0.0239. The van der Waals surface area contributed by atoms with Gasteiger partial charge >= 0.3 is 6.18 Å². The van der Waals surface area contributed by atoms with E-state index in [1.807, 2.05) is 19.1 Å². The first-order chi connectivity index (χ1) is 9.99. The van der Waals surface area contributed by atoms with Crippen molar-refractivity contribution in [3.63, 3.8) is 0 Å². The van der Waals surface area contributed by atoms with Gasteiger partial charge in [0.2, 0.25) is 0 Å². The third-order valence-corrected chi connectivity index (χ3v) is 3.92. The summed E-state index contributed by atoms with van der Waals surface area (Å²) in [5, 5.41) is 3.17. The topological polar surface area (TPSA) is 21.3 Å². The third kappa shape index (κ3) is 5.00. The average Bonchev–Trinajstić information content (AvgIpc) is 2.35. The molecule has 0 aliphatic heterocycles. The Balaban J connectivity index is 1.93. The maximum absolute atomic E-state index is 12.1. The van der Waals surface area contributed by atoms with E-state index in [1.165, 1.54) is 24.8 Å². The van der Waals surface area contributed by atoms with Gasteiger partial charge in [0.25, 0.3) is 0 Å². The molecule has 2 rings (SSSR count). The zero-order valence-electron chi connectivity index (χ0n) is 12.2. The van der Waals surface area contributed by atoms with E-state index >= 15 is 0 Å². The summed E-state index contributed by atoms with van der Waals surface area (Å²) in [6.07, 6.45) is -0.502. The van der Waals surface area contributed by atoms with Crippen LogP contribution in [0.15, 0.2) is 24.3 Å². The van der Waals surface area contributed by atoms with Crippen LogP contribution in [0.3, 0.4) is 0 Å². The predicted molar refractivity (Wildman–Crippen MR) is 76.3 cm³/mol. The van der Waals surface area contributed by atoms with Crippen molar-refractivity contribution in [2.45, 2.75) is 44.3 Å². The Morgan fingerprint density at radius 2 is 1.90 bits per heavy atom. The van der Waals surface area contributed by atoms with Gasteiger partial charge in [0.15, 0.2) is 0 Å². The van der Waals surface area contributed by atoms with E-state index in [4.69, 9.17) is 4.74 Å². The molecule has 1 aliphatic rings. The van der Waals surface area contributed by atoms with Crippen molar-refractivity contribution in [3.05, 3.63) is 35.4 Å². The van der Waals surface area contributed by atoms with Crippen molar-refractivity contribution >= 4 is 0 Å². The molecule has 0 radical (unpaired) electrons. The van der Waals surface area contributed by atoms with Gasteiger partial charge in [0.05, 0.1) is 12.6 Å². The molecule has 0 saturated heterocycles. The van der Waals surface area contributed by atoms with E-state index in [-0.39, 0.29) is 12.6 Å². The van der Waals surface area contributed by atoms with Crippen LogP contribution in [0.5, 0.6) is 0 Å². The summed E-state index contributed by atoms with van der Waals surface area (Å²) in [4.78, 5) is 0. The van der Waals surface area contributed by atoms with Gasteiger partial charge in [0.1, 0.15) is 6.61 Å². The van der Waals surface area contributed by atoms with Gasteiger partial charge in [-0.05, 0) is 36.4 Å². The molecular weight excluding hydrogens is 279 g/mol. The van der Waals surface area contributed by atoms with Crippen molar-refractivity contribution in [3.8, 4) is 0 Å². The summed E-state index contributed by atoms with van der Waals surface area (Å²) in [6.45, 7) is 1.44. The van der Waals surface area contributed by atoms with E-state index in [1.54, 1.807) is 0 Å². The third-order valence-electron chi connectivity index (χ3n) is 3.92. The number of halogens is 3. The quantitative estimate of drug-likeness (QED) is 0.815. The predicted octanol–water partition coefficient (Wildman–Crippen LogP) is 4.18. The number of nitrogens with one attached hydrogen (secondary N) is 1. The highest BCUT2D eigenvalue weighted by Crippen LogP contribution is 2.36. The highest BCUT2D eigenvalue weighted by molar-refractivity contribution is 5.28. The van der Waals surface area contributed by atoms with Crippen LogP contribution in [0.25, 0.3) is 0 Å². The highest BCUT2D eigenvalue weighted by atomic mass is 19.4. The molecule has 1 aromatic carbocycles. The van der Waals surface area contributed by atoms with Gasteiger partial charge in [-0.25, -0.2) is 0 Å². The average molecular weight is 301 g/mol. The van der Waals surface area contributed by atoms with E-state index < -0.39 is 12.8 Å². The molecule has 0 spiro atoms. The maximum atomic E-state index is 12.1. The number of benzene rings is 1. The number of hydrogen-bond acceptors (Lipinski definition) is 2. The lowest BCUT2D eigenvalue weighted by Gasteiger charge is -2.26. The van der Waals surface area contributed by atoms with Crippen molar-refractivity contribution in [1.29, 1.82) is 0 Å². The summed E-state index contributed by atoms with van der Waals surface area (Å²) in [6, 6.07) is 7.98. The summed E-state index contributed by atoms with van der Waals surface area (Å²) >= 11 is 0. The van der Waals surface area contributed by atoms with E-state index in [9.17, 15) is 13.2 Å². The molecular formula is C16H22F3NO. The lowest BCUT2D eigenvalue weighted by molar-refractivity contribution is -0.175. The molecule has 1 saturated carbocycles. The van der Waals surface area contributed by atoms with Gasteiger partial charge in [-0.2, -0.15) is 13.2 Å². The monoisotopic (exact) mass is 301 g/mol. The van der Waals surface area contributed by atoms with Crippen LogP contribution in [-0.2, 0) is 4.74 Å². The number of hydrogen-bond donors (Lipinski definition) is 1. The van der Waals surface area contributed by atoms with Gasteiger partial charge in [-0.3, -0.25) is 0 Å². The van der Waals surface area contributed by atoms with Gasteiger partial charge < -0.3 is 10.1 Å². The SMILES string of the molecule is CCNC(COCC(F)(F)F)c1ccc(C2CCC2)cc1. The van der Waals surface area contributed by atoms with Crippen molar-refractivity contribution in [2.75, 3.05) is 19.8 Å². The van der Waals surface area contributed by atoms with Crippen molar-refractivity contribution < 1.29 is 17.9 Å². The molecule has 2 nitrogen and oxygen atoms in total. The molecule has 5 heteroatoms. The van der Waals surface area contributed by atoms with Crippen LogP contribution in [-0.4, -0.2) is 25.9 Å². The highest BCUT2D eigenvalue weighted by Gasteiger charge is 2.28. The number of rotatable bonds is 7. The second kappa shape index (κ2) is 7.27. The Kier molecular flexibility index (Phi) is 5.65. The normalized spacial score (nSPS) is 17.5. The largest absolute Gasteiger partial charge is 0.411 e. The van der Waals surface area contributed by atoms with E-state index in [0.29, 0.717) is 12.5 Å². The Morgan fingerprint density at radius 3 is 2.38 bits per heavy atom. The Morgan fingerprint density at radius 1 is 1.24 bits per heavy atom. The molecule has 1 aliphatic carbocycles. The van der Waals surface area contributed by atoms with Crippen LogP contribution in [0, 0.1) is 0 Å². The fourth-order valence-corrected chi connectivity index (χ4v) is 2.55. The van der Waals surface area contributed by atoms with Crippen molar-refractivity contribution in [1.82, 2.24) is 5.32 Å². The van der Waals surface area contributed by atoms with Gasteiger partial charge in [-0.1, -0.05) is 37.6 Å². The van der Waals surface area contributed by atoms with E-state index in [2.05, 4.69) is 17.4 Å². The molecule has 1 fully saturated rings. The molecule has 1 aromatic rings. The lowest BCUT2D eigenvalue weighted by atomic mass is 9.80. The van der Waals surface area contributed by atoms with Crippen molar-refractivity contribution in [2.24, 2.45) is 0 Å². The molecule has 1 N–H and O–H groups in total.